The van der Waals surface area contributed by atoms with Crippen LogP contribution in [0.4, 0.5) is 0 Å². The highest BCUT2D eigenvalue weighted by Crippen LogP contribution is 2.41. The van der Waals surface area contributed by atoms with E-state index in [0.717, 1.165) is 12.8 Å². The molecule has 4 atom stereocenters. The summed E-state index contributed by atoms with van der Waals surface area (Å²) < 4.78 is 30.1. The summed E-state index contributed by atoms with van der Waals surface area (Å²) in [5, 5.41) is 0. The summed E-state index contributed by atoms with van der Waals surface area (Å²) in [6, 6.07) is 0. The second-order valence-corrected chi connectivity index (χ2v) is 8.99. The summed E-state index contributed by atoms with van der Waals surface area (Å²) in [4.78, 5) is 11.7. The summed E-state index contributed by atoms with van der Waals surface area (Å²) in [6.07, 6.45) is 1.02. The van der Waals surface area contributed by atoms with E-state index in [1.54, 1.807) is 0 Å². The number of rotatable bonds is 4. The fourth-order valence-electron chi connectivity index (χ4n) is 3.32. The lowest BCUT2D eigenvalue weighted by Crippen LogP contribution is -2.59. The van der Waals surface area contributed by atoms with Crippen LogP contribution in [-0.2, 0) is 28.5 Å². The molecule has 0 aromatic rings. The molecule has 2 aliphatic rings. The Morgan fingerprint density at radius 3 is 2.32 bits per heavy atom. The summed E-state index contributed by atoms with van der Waals surface area (Å²) >= 11 is 0. The molecule has 0 aromatic carbocycles. The summed E-state index contributed by atoms with van der Waals surface area (Å²) in [5.41, 5.74) is -0.693. The van der Waals surface area contributed by atoms with Gasteiger partial charge in [0.15, 0.2) is 5.79 Å². The third kappa shape index (κ3) is 6.20. The van der Waals surface area contributed by atoms with Crippen molar-refractivity contribution >= 4 is 5.97 Å². The lowest BCUT2D eigenvalue weighted by atomic mass is 9.92. The largest absolute Gasteiger partial charge is 0.459 e. The second-order valence-electron chi connectivity index (χ2n) is 8.99. The molecule has 0 radical (unpaired) electrons. The molecule has 2 saturated heterocycles. The molecule has 2 aliphatic heterocycles. The molecule has 25 heavy (non-hydrogen) atoms. The number of esters is 1. The standard InChI is InChI=1S/C19H34O6/c1-13(20)23-14-11-19(9-8-10-21-19)24-15(12-22-17(2,3)4)16(14)25-18(5,6)7/h14-16H,8-12H2,1-7H3/t14-,15-,16+,19+/m1/s1. The van der Waals surface area contributed by atoms with E-state index in [-0.39, 0.29) is 17.7 Å². The minimum atomic E-state index is -0.705. The molecule has 0 unspecified atom stereocenters. The van der Waals surface area contributed by atoms with Gasteiger partial charge in [-0.1, -0.05) is 0 Å². The van der Waals surface area contributed by atoms with E-state index in [2.05, 4.69) is 0 Å². The quantitative estimate of drug-likeness (QED) is 0.719. The van der Waals surface area contributed by atoms with Crippen LogP contribution in [0.15, 0.2) is 0 Å². The first-order valence-electron chi connectivity index (χ1n) is 9.20. The first-order valence-corrected chi connectivity index (χ1v) is 9.20. The predicted octanol–water partition coefficient (Wildman–Crippen LogP) is 3.21. The van der Waals surface area contributed by atoms with Gasteiger partial charge in [0, 0.05) is 19.8 Å². The maximum atomic E-state index is 11.7. The minimum Gasteiger partial charge on any atom is -0.459 e. The zero-order chi connectivity index (χ0) is 18.9. The summed E-state index contributed by atoms with van der Waals surface area (Å²) in [7, 11) is 0. The average Bonchev–Trinajstić information content (AvgIpc) is 2.85. The van der Waals surface area contributed by atoms with Gasteiger partial charge in [-0.2, -0.15) is 0 Å². The van der Waals surface area contributed by atoms with Crippen molar-refractivity contribution in [2.45, 2.75) is 103 Å². The molecule has 0 aliphatic carbocycles. The van der Waals surface area contributed by atoms with Crippen LogP contribution in [-0.4, -0.2) is 54.5 Å². The third-order valence-corrected chi connectivity index (χ3v) is 4.17. The lowest BCUT2D eigenvalue weighted by Gasteiger charge is -2.47. The molecule has 1 spiro atoms. The Kier molecular flexibility index (Phi) is 6.19. The number of ether oxygens (including phenoxy) is 5. The molecule has 2 rings (SSSR count). The molecule has 2 heterocycles. The molecule has 146 valence electrons. The molecule has 0 aromatic heterocycles. The first-order chi connectivity index (χ1) is 11.4. The van der Waals surface area contributed by atoms with Crippen LogP contribution in [0, 0.1) is 0 Å². The van der Waals surface area contributed by atoms with Crippen molar-refractivity contribution in [3.8, 4) is 0 Å². The van der Waals surface area contributed by atoms with Crippen molar-refractivity contribution in [1.82, 2.24) is 0 Å². The second kappa shape index (κ2) is 7.51. The lowest BCUT2D eigenvalue weighted by molar-refractivity contribution is -0.326. The summed E-state index contributed by atoms with van der Waals surface area (Å²) in [6.45, 7) is 14.4. The van der Waals surface area contributed by atoms with Gasteiger partial charge in [0.1, 0.15) is 18.3 Å². The summed E-state index contributed by atoms with van der Waals surface area (Å²) in [5.74, 6) is -1.03. The van der Waals surface area contributed by atoms with Gasteiger partial charge in [-0.15, -0.1) is 0 Å². The Bertz CT molecular complexity index is 456. The minimum absolute atomic E-state index is 0.298. The smallest absolute Gasteiger partial charge is 0.303 e. The van der Waals surface area contributed by atoms with Gasteiger partial charge in [-0.05, 0) is 48.0 Å². The van der Waals surface area contributed by atoms with Gasteiger partial charge >= 0.3 is 5.97 Å². The maximum Gasteiger partial charge on any atom is 0.303 e. The topological polar surface area (TPSA) is 63.2 Å². The normalized spacial score (nSPS) is 33.6. The molecule has 6 heteroatoms. The average molecular weight is 358 g/mol. The maximum absolute atomic E-state index is 11.7. The van der Waals surface area contributed by atoms with Crippen molar-refractivity contribution in [3.63, 3.8) is 0 Å². The Balaban J connectivity index is 2.24. The van der Waals surface area contributed by atoms with E-state index in [4.69, 9.17) is 23.7 Å². The van der Waals surface area contributed by atoms with Crippen molar-refractivity contribution in [3.05, 3.63) is 0 Å². The van der Waals surface area contributed by atoms with Crippen LogP contribution in [0.2, 0.25) is 0 Å². The van der Waals surface area contributed by atoms with Crippen LogP contribution in [0.1, 0.15) is 67.7 Å². The van der Waals surface area contributed by atoms with E-state index in [9.17, 15) is 4.79 Å². The number of hydrogen-bond donors (Lipinski definition) is 0. The zero-order valence-corrected chi connectivity index (χ0v) is 16.7. The number of hydrogen-bond acceptors (Lipinski definition) is 6. The fraction of sp³-hybridized carbons (Fsp3) is 0.947. The first kappa shape index (κ1) is 20.6. The molecule has 6 nitrogen and oxygen atoms in total. The molecule has 0 amide bonds. The Labute approximate surface area is 151 Å². The van der Waals surface area contributed by atoms with Crippen molar-refractivity contribution in [2.75, 3.05) is 13.2 Å². The predicted molar refractivity (Wildman–Crippen MR) is 93.3 cm³/mol. The van der Waals surface area contributed by atoms with Crippen LogP contribution >= 0.6 is 0 Å². The van der Waals surface area contributed by atoms with Gasteiger partial charge in [0.05, 0.1) is 24.4 Å². The van der Waals surface area contributed by atoms with Crippen molar-refractivity contribution in [2.24, 2.45) is 0 Å². The van der Waals surface area contributed by atoms with Gasteiger partial charge in [0.2, 0.25) is 0 Å². The van der Waals surface area contributed by atoms with Crippen LogP contribution in [0.25, 0.3) is 0 Å². The highest BCUT2D eigenvalue weighted by molar-refractivity contribution is 5.66. The van der Waals surface area contributed by atoms with E-state index < -0.39 is 23.6 Å². The van der Waals surface area contributed by atoms with E-state index in [0.29, 0.717) is 19.6 Å². The molecule has 0 saturated carbocycles. The Hall–Kier alpha value is -0.690. The highest BCUT2D eigenvalue weighted by Gasteiger charge is 2.52. The van der Waals surface area contributed by atoms with Crippen LogP contribution < -0.4 is 0 Å². The van der Waals surface area contributed by atoms with Gasteiger partial charge in [-0.3, -0.25) is 4.79 Å². The molecular weight excluding hydrogens is 324 g/mol. The van der Waals surface area contributed by atoms with Crippen LogP contribution in [0.5, 0.6) is 0 Å². The highest BCUT2D eigenvalue weighted by atomic mass is 16.7. The molecular formula is C19H34O6. The Morgan fingerprint density at radius 2 is 1.84 bits per heavy atom. The van der Waals surface area contributed by atoms with Gasteiger partial charge in [-0.25, -0.2) is 0 Å². The SMILES string of the molecule is CC(=O)O[C@@H]1C[C@]2(CCCO2)O[C@H](COC(C)(C)C)[C@H]1OC(C)(C)C. The van der Waals surface area contributed by atoms with Crippen molar-refractivity contribution in [1.29, 1.82) is 0 Å². The van der Waals surface area contributed by atoms with E-state index in [1.807, 2.05) is 41.5 Å². The fourth-order valence-corrected chi connectivity index (χ4v) is 3.32. The van der Waals surface area contributed by atoms with Crippen LogP contribution in [0.3, 0.4) is 0 Å². The van der Waals surface area contributed by atoms with E-state index >= 15 is 0 Å². The van der Waals surface area contributed by atoms with Gasteiger partial charge in [0.25, 0.3) is 0 Å². The monoisotopic (exact) mass is 358 g/mol. The van der Waals surface area contributed by atoms with Gasteiger partial charge < -0.3 is 23.7 Å². The number of carbonyl (C=O) groups excluding carboxylic acids is 1. The van der Waals surface area contributed by atoms with Crippen molar-refractivity contribution < 1.29 is 28.5 Å². The molecule has 0 N–H and O–H groups in total. The molecule has 0 bridgehead atoms. The molecule has 2 fully saturated rings. The third-order valence-electron chi connectivity index (χ3n) is 4.17. The Morgan fingerprint density at radius 1 is 1.16 bits per heavy atom. The van der Waals surface area contributed by atoms with E-state index in [1.165, 1.54) is 6.92 Å². The number of carbonyl (C=O) groups is 1. The zero-order valence-electron chi connectivity index (χ0n) is 16.7.